The molecule has 0 saturated carbocycles. The monoisotopic (exact) mass is 387 g/mol. The van der Waals surface area contributed by atoms with Gasteiger partial charge in [0.1, 0.15) is 0 Å². The number of amides is 2. The second kappa shape index (κ2) is 9.66. The van der Waals surface area contributed by atoms with E-state index in [4.69, 9.17) is 5.73 Å². The van der Waals surface area contributed by atoms with Gasteiger partial charge in [-0.05, 0) is 52.6 Å². The summed E-state index contributed by atoms with van der Waals surface area (Å²) >= 11 is 0. The molecule has 5 nitrogen and oxygen atoms in total. The third-order valence-corrected chi connectivity index (χ3v) is 4.61. The van der Waals surface area contributed by atoms with Gasteiger partial charge < -0.3 is 16.4 Å². The van der Waals surface area contributed by atoms with Crippen LogP contribution in [0.15, 0.2) is 72.8 Å². The smallest absolute Gasteiger partial charge is 0.251 e. The zero-order valence-electron chi connectivity index (χ0n) is 16.4. The first-order valence-electron chi connectivity index (χ1n) is 9.65. The molecule has 0 fully saturated rings. The molecule has 29 heavy (non-hydrogen) atoms. The van der Waals surface area contributed by atoms with E-state index < -0.39 is 0 Å². The lowest BCUT2D eigenvalue weighted by molar-refractivity contribution is -0.115. The van der Waals surface area contributed by atoms with Crippen LogP contribution in [0.2, 0.25) is 0 Å². The summed E-state index contributed by atoms with van der Waals surface area (Å²) in [6, 6.07) is 23.0. The van der Waals surface area contributed by atoms with E-state index in [0.717, 1.165) is 27.9 Å². The van der Waals surface area contributed by atoms with Crippen LogP contribution in [0.25, 0.3) is 11.1 Å². The number of nitrogens with two attached hydrogens (primary N) is 1. The molecule has 0 unspecified atom stereocenters. The summed E-state index contributed by atoms with van der Waals surface area (Å²) in [5.41, 5.74) is 11.0. The number of hydrogen-bond acceptors (Lipinski definition) is 3. The van der Waals surface area contributed by atoms with Crippen LogP contribution in [0, 0.1) is 0 Å². The van der Waals surface area contributed by atoms with E-state index in [0.29, 0.717) is 25.1 Å². The van der Waals surface area contributed by atoms with Crippen LogP contribution < -0.4 is 16.4 Å². The summed E-state index contributed by atoms with van der Waals surface area (Å²) in [7, 11) is 0. The third-order valence-electron chi connectivity index (χ3n) is 4.61. The maximum Gasteiger partial charge on any atom is 0.251 e. The van der Waals surface area contributed by atoms with Crippen molar-refractivity contribution in [2.75, 3.05) is 5.32 Å². The quantitative estimate of drug-likeness (QED) is 0.571. The van der Waals surface area contributed by atoms with Gasteiger partial charge in [0.2, 0.25) is 5.91 Å². The number of carbonyl (C=O) groups is 2. The van der Waals surface area contributed by atoms with Gasteiger partial charge in [-0.2, -0.15) is 0 Å². The van der Waals surface area contributed by atoms with E-state index in [-0.39, 0.29) is 11.8 Å². The van der Waals surface area contributed by atoms with Crippen molar-refractivity contribution in [1.29, 1.82) is 0 Å². The normalized spacial score (nSPS) is 10.4. The summed E-state index contributed by atoms with van der Waals surface area (Å²) in [5.74, 6) is -0.188. The second-order valence-electron chi connectivity index (χ2n) is 6.77. The Labute approximate surface area is 170 Å². The number of carbonyl (C=O) groups excluding carboxylic acids is 2. The maximum atomic E-state index is 12.6. The van der Waals surface area contributed by atoms with E-state index in [1.54, 1.807) is 13.0 Å². The van der Waals surface area contributed by atoms with Gasteiger partial charge in [-0.3, -0.25) is 9.59 Å². The zero-order valence-corrected chi connectivity index (χ0v) is 16.4. The molecule has 0 saturated heterocycles. The standard InChI is InChI=1S/C24H25N3O2/c1-2-23(28)27-22-11-4-7-18(13-22)16-26-24(29)21-10-5-9-20(14-21)19-8-3-6-17(12-19)15-25/h3-14H,2,15-16,25H2,1H3,(H,26,29)(H,27,28). The van der Waals surface area contributed by atoms with Gasteiger partial charge in [0.25, 0.3) is 5.91 Å². The van der Waals surface area contributed by atoms with E-state index in [9.17, 15) is 9.59 Å². The van der Waals surface area contributed by atoms with Crippen molar-refractivity contribution >= 4 is 17.5 Å². The van der Waals surface area contributed by atoms with Crippen molar-refractivity contribution in [3.05, 3.63) is 89.5 Å². The maximum absolute atomic E-state index is 12.6. The Morgan fingerprint density at radius 2 is 1.55 bits per heavy atom. The summed E-state index contributed by atoms with van der Waals surface area (Å²) in [4.78, 5) is 24.2. The fraction of sp³-hybridized carbons (Fsp3) is 0.167. The second-order valence-corrected chi connectivity index (χ2v) is 6.77. The molecule has 0 heterocycles. The minimum Gasteiger partial charge on any atom is -0.348 e. The van der Waals surface area contributed by atoms with Gasteiger partial charge in [-0.25, -0.2) is 0 Å². The highest BCUT2D eigenvalue weighted by molar-refractivity contribution is 5.95. The van der Waals surface area contributed by atoms with E-state index in [1.165, 1.54) is 0 Å². The minimum atomic E-state index is -0.148. The first-order valence-corrected chi connectivity index (χ1v) is 9.65. The molecule has 5 heteroatoms. The molecule has 0 aliphatic rings. The average molecular weight is 387 g/mol. The summed E-state index contributed by atoms with van der Waals surface area (Å²) in [6.07, 6.45) is 0.422. The predicted molar refractivity (Wildman–Crippen MR) is 116 cm³/mol. The first-order chi connectivity index (χ1) is 14.1. The SMILES string of the molecule is CCC(=O)Nc1cccc(CNC(=O)c2cccc(-c3cccc(CN)c3)c2)c1. The Morgan fingerprint density at radius 3 is 2.31 bits per heavy atom. The van der Waals surface area contributed by atoms with Crippen LogP contribution >= 0.6 is 0 Å². The number of rotatable bonds is 7. The van der Waals surface area contributed by atoms with Crippen molar-refractivity contribution < 1.29 is 9.59 Å². The Morgan fingerprint density at radius 1 is 0.862 bits per heavy atom. The van der Waals surface area contributed by atoms with Crippen molar-refractivity contribution in [3.63, 3.8) is 0 Å². The lowest BCUT2D eigenvalue weighted by Crippen LogP contribution is -2.22. The fourth-order valence-corrected chi connectivity index (χ4v) is 3.01. The molecule has 0 bridgehead atoms. The van der Waals surface area contributed by atoms with Crippen molar-refractivity contribution in [3.8, 4) is 11.1 Å². The van der Waals surface area contributed by atoms with Gasteiger partial charge in [-0.1, -0.05) is 49.4 Å². The van der Waals surface area contributed by atoms with Crippen LogP contribution in [0.4, 0.5) is 5.69 Å². The van der Waals surface area contributed by atoms with Crippen LogP contribution in [-0.4, -0.2) is 11.8 Å². The lowest BCUT2D eigenvalue weighted by atomic mass is 10.0. The average Bonchev–Trinajstić information content (AvgIpc) is 2.77. The topological polar surface area (TPSA) is 84.2 Å². The Balaban J connectivity index is 1.68. The van der Waals surface area contributed by atoms with Crippen LogP contribution in [0.1, 0.15) is 34.8 Å². The Bertz CT molecular complexity index is 1010. The highest BCUT2D eigenvalue weighted by Crippen LogP contribution is 2.22. The molecule has 0 aromatic heterocycles. The lowest BCUT2D eigenvalue weighted by Gasteiger charge is -2.10. The number of hydrogen-bond donors (Lipinski definition) is 3. The summed E-state index contributed by atoms with van der Waals surface area (Å²) in [6.45, 7) is 2.66. The van der Waals surface area contributed by atoms with Gasteiger partial charge >= 0.3 is 0 Å². The highest BCUT2D eigenvalue weighted by atomic mass is 16.2. The molecule has 0 aliphatic carbocycles. The molecular weight excluding hydrogens is 362 g/mol. The van der Waals surface area contributed by atoms with Gasteiger partial charge in [0.05, 0.1) is 0 Å². The van der Waals surface area contributed by atoms with E-state index in [2.05, 4.69) is 10.6 Å². The van der Waals surface area contributed by atoms with E-state index >= 15 is 0 Å². The Kier molecular flexibility index (Phi) is 6.76. The van der Waals surface area contributed by atoms with E-state index in [1.807, 2.05) is 66.7 Å². The fourth-order valence-electron chi connectivity index (χ4n) is 3.01. The van der Waals surface area contributed by atoms with Gasteiger partial charge in [-0.15, -0.1) is 0 Å². The van der Waals surface area contributed by atoms with Crippen molar-refractivity contribution in [2.45, 2.75) is 26.4 Å². The van der Waals surface area contributed by atoms with Crippen molar-refractivity contribution in [2.24, 2.45) is 5.73 Å². The Hall–Kier alpha value is -3.44. The summed E-state index contributed by atoms with van der Waals surface area (Å²) < 4.78 is 0. The third kappa shape index (κ3) is 5.53. The molecule has 148 valence electrons. The van der Waals surface area contributed by atoms with Gasteiger partial charge in [0, 0.05) is 30.8 Å². The molecule has 2 amide bonds. The van der Waals surface area contributed by atoms with Crippen LogP contribution in [0.3, 0.4) is 0 Å². The molecule has 4 N–H and O–H groups in total. The molecule has 3 aromatic rings. The highest BCUT2D eigenvalue weighted by Gasteiger charge is 2.08. The predicted octanol–water partition coefficient (Wildman–Crippen LogP) is 4.09. The minimum absolute atomic E-state index is 0.0401. The number of nitrogens with one attached hydrogen (secondary N) is 2. The first kappa shape index (κ1) is 20.3. The summed E-state index contributed by atoms with van der Waals surface area (Å²) in [5, 5.41) is 5.77. The van der Waals surface area contributed by atoms with Crippen LogP contribution in [0.5, 0.6) is 0 Å². The number of benzene rings is 3. The molecule has 3 aromatic carbocycles. The molecule has 0 radical (unpaired) electrons. The molecular formula is C24H25N3O2. The molecule has 0 spiro atoms. The molecule has 0 atom stereocenters. The zero-order chi connectivity index (χ0) is 20.6. The van der Waals surface area contributed by atoms with Crippen LogP contribution in [-0.2, 0) is 17.9 Å². The molecule has 3 rings (SSSR count). The number of anilines is 1. The largest absolute Gasteiger partial charge is 0.348 e. The molecule has 0 aliphatic heterocycles. The van der Waals surface area contributed by atoms with Crippen molar-refractivity contribution in [1.82, 2.24) is 5.32 Å². The van der Waals surface area contributed by atoms with Gasteiger partial charge in [0.15, 0.2) is 0 Å².